The van der Waals surface area contributed by atoms with Crippen molar-refractivity contribution < 1.29 is 9.90 Å². The van der Waals surface area contributed by atoms with E-state index in [4.69, 9.17) is 0 Å². The lowest BCUT2D eigenvalue weighted by Gasteiger charge is -2.41. The minimum atomic E-state index is -0.586. The van der Waals surface area contributed by atoms with Gasteiger partial charge in [-0.3, -0.25) is 4.79 Å². The molecule has 17 heavy (non-hydrogen) atoms. The molecule has 5 atom stereocenters. The average Bonchev–Trinajstić information content (AvgIpc) is 2.77. The normalized spacial score (nSPS) is 55.1. The molecular weight excluding hydrogens is 212 g/mol. The van der Waals surface area contributed by atoms with Crippen LogP contribution in [0.5, 0.6) is 0 Å². The summed E-state index contributed by atoms with van der Waals surface area (Å²) in [5, 5.41) is 10.7. The third kappa shape index (κ3) is 0.896. The van der Waals surface area contributed by atoms with E-state index in [0.717, 1.165) is 6.42 Å². The standard InChI is InChI=1S/C15H22O2/c1-9-5-6-10-13(2,3)12(17)14(4)11(16)7-8-15(9,10)14/h7-10,12,17H,5-6H2,1-4H3/t9-,10+,12-,14+,15+/m1/s1. The summed E-state index contributed by atoms with van der Waals surface area (Å²) in [5.41, 5.74) is -0.829. The predicted octanol–water partition coefficient (Wildman–Crippen LogP) is 2.56. The Balaban J connectivity index is 2.27. The van der Waals surface area contributed by atoms with E-state index < -0.39 is 11.5 Å². The third-order valence-electron chi connectivity index (χ3n) is 6.35. The van der Waals surface area contributed by atoms with Gasteiger partial charge >= 0.3 is 0 Å². The van der Waals surface area contributed by atoms with Crippen LogP contribution in [-0.2, 0) is 4.79 Å². The SMILES string of the molecule is C[C@@H]1CC[C@H]2C(C)(C)[C@@H](O)[C@]3(C)C(=O)C=C[C@]123. The number of hydrogen-bond acceptors (Lipinski definition) is 2. The van der Waals surface area contributed by atoms with Crippen molar-refractivity contribution in [1.29, 1.82) is 0 Å². The van der Waals surface area contributed by atoms with Crippen molar-refractivity contribution in [1.82, 2.24) is 0 Å². The number of aliphatic hydroxyl groups is 1. The highest BCUT2D eigenvalue weighted by atomic mass is 16.3. The van der Waals surface area contributed by atoms with Crippen molar-refractivity contribution in [3.8, 4) is 0 Å². The summed E-state index contributed by atoms with van der Waals surface area (Å²) in [5.74, 6) is 1.07. The second-order valence-electron chi connectivity index (χ2n) is 7.09. The number of hydrogen-bond donors (Lipinski definition) is 1. The summed E-state index contributed by atoms with van der Waals surface area (Å²) in [6.07, 6.45) is 5.65. The van der Waals surface area contributed by atoms with Gasteiger partial charge in [-0.25, -0.2) is 0 Å². The van der Waals surface area contributed by atoms with Crippen LogP contribution in [0.15, 0.2) is 12.2 Å². The molecule has 2 saturated carbocycles. The molecule has 3 rings (SSSR count). The Labute approximate surface area is 103 Å². The molecule has 94 valence electrons. The van der Waals surface area contributed by atoms with E-state index in [-0.39, 0.29) is 16.6 Å². The van der Waals surface area contributed by atoms with Gasteiger partial charge in [0.1, 0.15) is 0 Å². The van der Waals surface area contributed by atoms with Crippen LogP contribution in [0.25, 0.3) is 0 Å². The van der Waals surface area contributed by atoms with E-state index in [2.05, 4.69) is 26.8 Å². The zero-order valence-electron chi connectivity index (χ0n) is 11.2. The molecule has 0 unspecified atom stereocenters. The summed E-state index contributed by atoms with van der Waals surface area (Å²) in [7, 11) is 0. The first-order chi connectivity index (χ1) is 7.79. The summed E-state index contributed by atoms with van der Waals surface area (Å²) < 4.78 is 0. The quantitative estimate of drug-likeness (QED) is 0.699. The van der Waals surface area contributed by atoms with Gasteiger partial charge in [-0.2, -0.15) is 0 Å². The molecule has 0 aromatic rings. The molecule has 0 heterocycles. The summed E-state index contributed by atoms with van der Waals surface area (Å²) in [6.45, 7) is 8.50. The Kier molecular flexibility index (Phi) is 1.92. The second-order valence-corrected chi connectivity index (χ2v) is 7.09. The van der Waals surface area contributed by atoms with Crippen LogP contribution in [0, 0.1) is 28.1 Å². The highest BCUT2D eigenvalue weighted by molar-refractivity contribution is 5.99. The zero-order valence-corrected chi connectivity index (χ0v) is 11.2. The molecule has 0 aromatic carbocycles. The Morgan fingerprint density at radius 3 is 2.59 bits per heavy atom. The number of carbonyl (C=O) groups is 1. The molecule has 1 N–H and O–H groups in total. The topological polar surface area (TPSA) is 37.3 Å². The van der Waals surface area contributed by atoms with Gasteiger partial charge in [0.2, 0.25) is 0 Å². The number of ketones is 1. The van der Waals surface area contributed by atoms with E-state index in [1.807, 2.05) is 6.92 Å². The van der Waals surface area contributed by atoms with Gasteiger partial charge in [0.25, 0.3) is 0 Å². The highest BCUT2D eigenvalue weighted by Crippen LogP contribution is 2.74. The van der Waals surface area contributed by atoms with E-state index in [1.54, 1.807) is 6.08 Å². The minimum Gasteiger partial charge on any atom is -0.391 e. The molecule has 0 aromatic heterocycles. The van der Waals surface area contributed by atoms with Crippen molar-refractivity contribution in [2.45, 2.75) is 46.6 Å². The Hall–Kier alpha value is -0.630. The minimum absolute atomic E-state index is 0.0903. The molecule has 0 amide bonds. The fourth-order valence-corrected chi connectivity index (χ4v) is 5.46. The number of rotatable bonds is 0. The van der Waals surface area contributed by atoms with Crippen LogP contribution in [0.2, 0.25) is 0 Å². The molecular formula is C15H22O2. The van der Waals surface area contributed by atoms with E-state index in [9.17, 15) is 9.90 Å². The second kappa shape index (κ2) is 2.85. The Morgan fingerprint density at radius 2 is 1.94 bits per heavy atom. The Bertz CT molecular complexity index is 423. The molecule has 2 heteroatoms. The maximum atomic E-state index is 12.3. The van der Waals surface area contributed by atoms with Crippen molar-refractivity contribution >= 4 is 5.78 Å². The number of carbonyl (C=O) groups excluding carboxylic acids is 1. The number of aliphatic hydroxyl groups excluding tert-OH is 1. The van der Waals surface area contributed by atoms with Gasteiger partial charge in [0.15, 0.2) is 5.78 Å². The van der Waals surface area contributed by atoms with Crippen molar-refractivity contribution in [2.75, 3.05) is 0 Å². The lowest BCUT2D eigenvalue weighted by Crippen LogP contribution is -2.46. The average molecular weight is 234 g/mol. The third-order valence-corrected chi connectivity index (χ3v) is 6.35. The van der Waals surface area contributed by atoms with Crippen LogP contribution in [0.3, 0.4) is 0 Å². The predicted molar refractivity (Wildman–Crippen MR) is 66.4 cm³/mol. The summed E-state index contributed by atoms with van der Waals surface area (Å²) in [6, 6.07) is 0. The summed E-state index contributed by atoms with van der Waals surface area (Å²) in [4.78, 5) is 12.3. The Morgan fingerprint density at radius 1 is 1.29 bits per heavy atom. The number of allylic oxidation sites excluding steroid dienone is 2. The molecule has 0 saturated heterocycles. The van der Waals surface area contributed by atoms with E-state index in [1.165, 1.54) is 6.42 Å². The van der Waals surface area contributed by atoms with Gasteiger partial charge < -0.3 is 5.11 Å². The van der Waals surface area contributed by atoms with Gasteiger partial charge in [-0.1, -0.05) is 26.8 Å². The van der Waals surface area contributed by atoms with Crippen molar-refractivity contribution in [2.24, 2.45) is 28.1 Å². The van der Waals surface area contributed by atoms with Gasteiger partial charge in [0, 0.05) is 5.41 Å². The van der Waals surface area contributed by atoms with Crippen LogP contribution in [0.1, 0.15) is 40.5 Å². The monoisotopic (exact) mass is 234 g/mol. The van der Waals surface area contributed by atoms with E-state index in [0.29, 0.717) is 11.8 Å². The highest BCUT2D eigenvalue weighted by Gasteiger charge is 2.75. The summed E-state index contributed by atoms with van der Waals surface area (Å²) >= 11 is 0. The van der Waals surface area contributed by atoms with Gasteiger partial charge in [-0.05, 0) is 43.1 Å². The first-order valence-electron chi connectivity index (χ1n) is 6.71. The molecule has 2 nitrogen and oxygen atoms in total. The largest absolute Gasteiger partial charge is 0.391 e. The zero-order chi connectivity index (χ0) is 12.6. The van der Waals surface area contributed by atoms with Crippen LogP contribution in [-0.4, -0.2) is 17.0 Å². The molecule has 0 aliphatic heterocycles. The molecule has 0 radical (unpaired) electrons. The van der Waals surface area contributed by atoms with Crippen molar-refractivity contribution in [3.63, 3.8) is 0 Å². The fraction of sp³-hybridized carbons (Fsp3) is 0.800. The first-order valence-corrected chi connectivity index (χ1v) is 6.71. The maximum absolute atomic E-state index is 12.3. The smallest absolute Gasteiger partial charge is 0.164 e. The molecule has 3 aliphatic carbocycles. The molecule has 0 bridgehead atoms. The lowest BCUT2D eigenvalue weighted by atomic mass is 9.61. The van der Waals surface area contributed by atoms with Gasteiger partial charge in [-0.15, -0.1) is 0 Å². The lowest BCUT2D eigenvalue weighted by molar-refractivity contribution is -0.135. The van der Waals surface area contributed by atoms with Crippen LogP contribution in [0.4, 0.5) is 0 Å². The van der Waals surface area contributed by atoms with Gasteiger partial charge in [0.05, 0.1) is 11.5 Å². The van der Waals surface area contributed by atoms with Crippen molar-refractivity contribution in [3.05, 3.63) is 12.2 Å². The first kappa shape index (κ1) is 11.5. The van der Waals surface area contributed by atoms with E-state index >= 15 is 0 Å². The fourth-order valence-electron chi connectivity index (χ4n) is 5.46. The maximum Gasteiger partial charge on any atom is 0.164 e. The molecule has 1 spiro atoms. The van der Waals surface area contributed by atoms with Crippen LogP contribution >= 0.6 is 0 Å². The molecule has 2 fully saturated rings. The van der Waals surface area contributed by atoms with Crippen LogP contribution < -0.4 is 0 Å². The molecule has 3 aliphatic rings.